The van der Waals surface area contributed by atoms with Gasteiger partial charge in [-0.2, -0.15) is 0 Å². The normalized spacial score (nSPS) is 15.4. The number of carbonyl (C=O) groups excluding carboxylic acids is 1. The van der Waals surface area contributed by atoms with Crippen LogP contribution in [-0.2, 0) is 17.9 Å². The van der Waals surface area contributed by atoms with Crippen LogP contribution in [0.3, 0.4) is 0 Å². The van der Waals surface area contributed by atoms with E-state index in [1.165, 1.54) is 5.56 Å². The van der Waals surface area contributed by atoms with Crippen LogP contribution in [0.2, 0.25) is 0 Å². The monoisotopic (exact) mass is 462 g/mol. The molecule has 0 aliphatic carbocycles. The highest BCUT2D eigenvalue weighted by Crippen LogP contribution is 2.25. The molecule has 6 heteroatoms. The predicted molar refractivity (Wildman–Crippen MR) is 137 cm³/mol. The Balaban J connectivity index is 1.47. The van der Waals surface area contributed by atoms with Crippen molar-refractivity contribution in [3.63, 3.8) is 0 Å². The molecule has 0 N–H and O–H groups in total. The van der Waals surface area contributed by atoms with E-state index in [1.807, 2.05) is 18.2 Å². The van der Waals surface area contributed by atoms with Crippen LogP contribution in [0.4, 0.5) is 0 Å². The van der Waals surface area contributed by atoms with E-state index >= 15 is 0 Å². The number of rotatable bonds is 8. The van der Waals surface area contributed by atoms with Crippen LogP contribution in [0, 0.1) is 5.92 Å². The molecule has 34 heavy (non-hydrogen) atoms. The fourth-order valence-electron chi connectivity index (χ4n) is 5.19. The maximum absolute atomic E-state index is 13.1. The van der Waals surface area contributed by atoms with Crippen molar-refractivity contribution in [3.8, 4) is 5.75 Å². The zero-order chi connectivity index (χ0) is 24.2. The minimum Gasteiger partial charge on any atom is -0.497 e. The van der Waals surface area contributed by atoms with Gasteiger partial charge in [-0.1, -0.05) is 24.3 Å². The molecular weight excluding hydrogens is 424 g/mol. The summed E-state index contributed by atoms with van der Waals surface area (Å²) in [5.74, 6) is 2.38. The molecule has 2 heterocycles. The number of likely N-dealkylation sites (tertiary alicyclic amines) is 1. The van der Waals surface area contributed by atoms with E-state index in [-0.39, 0.29) is 18.0 Å². The van der Waals surface area contributed by atoms with Crippen molar-refractivity contribution in [1.82, 2.24) is 19.4 Å². The van der Waals surface area contributed by atoms with Gasteiger partial charge in [0.25, 0.3) is 0 Å². The number of nitrogens with zero attached hydrogens (tertiary/aromatic N) is 4. The number of ether oxygens (including phenoxy) is 1. The molecule has 1 aromatic heterocycles. The molecule has 1 saturated heterocycles. The zero-order valence-corrected chi connectivity index (χ0v) is 21.2. The molecular formula is C28H38N4O2. The Labute approximate surface area is 203 Å². The molecule has 1 fully saturated rings. The van der Waals surface area contributed by atoms with Gasteiger partial charge in [-0.05, 0) is 83.5 Å². The third kappa shape index (κ3) is 5.27. The number of carbonyl (C=O) groups is 1. The van der Waals surface area contributed by atoms with Crippen molar-refractivity contribution >= 4 is 16.9 Å². The second-order valence-corrected chi connectivity index (χ2v) is 9.93. The third-order valence-corrected chi connectivity index (χ3v) is 6.90. The summed E-state index contributed by atoms with van der Waals surface area (Å²) >= 11 is 0. The van der Waals surface area contributed by atoms with Crippen molar-refractivity contribution in [2.45, 2.75) is 65.7 Å². The van der Waals surface area contributed by atoms with Crippen molar-refractivity contribution in [3.05, 3.63) is 59.9 Å². The van der Waals surface area contributed by atoms with Gasteiger partial charge in [-0.15, -0.1) is 0 Å². The van der Waals surface area contributed by atoms with Gasteiger partial charge < -0.3 is 14.2 Å². The Morgan fingerprint density at radius 2 is 1.65 bits per heavy atom. The average molecular weight is 463 g/mol. The first-order chi connectivity index (χ1) is 16.4. The van der Waals surface area contributed by atoms with Crippen LogP contribution in [0.1, 0.15) is 51.9 Å². The van der Waals surface area contributed by atoms with Gasteiger partial charge in [0.15, 0.2) is 0 Å². The SMILES string of the molecule is COc1ccc(Cn2c(CN3CCC(C(=O)N(C(C)C)C(C)C)CC3)nc3ccccc32)cc1. The van der Waals surface area contributed by atoms with Crippen molar-refractivity contribution in [2.75, 3.05) is 20.2 Å². The van der Waals surface area contributed by atoms with Crippen LogP contribution >= 0.6 is 0 Å². The van der Waals surface area contributed by atoms with Crippen molar-refractivity contribution in [2.24, 2.45) is 5.92 Å². The van der Waals surface area contributed by atoms with Gasteiger partial charge in [0, 0.05) is 24.5 Å². The highest BCUT2D eigenvalue weighted by atomic mass is 16.5. The minimum atomic E-state index is 0.124. The third-order valence-electron chi connectivity index (χ3n) is 6.90. The maximum atomic E-state index is 13.1. The van der Waals surface area contributed by atoms with Gasteiger partial charge >= 0.3 is 0 Å². The average Bonchev–Trinajstić information content (AvgIpc) is 3.16. The highest BCUT2D eigenvalue weighted by Gasteiger charge is 2.31. The Kier molecular flexibility index (Phi) is 7.57. The molecule has 3 aromatic rings. The number of para-hydroxylation sites is 2. The smallest absolute Gasteiger partial charge is 0.226 e. The lowest BCUT2D eigenvalue weighted by Gasteiger charge is -2.37. The number of piperidine rings is 1. The number of amides is 1. The van der Waals surface area contributed by atoms with Gasteiger partial charge in [0.05, 0.1) is 24.7 Å². The Bertz CT molecular complexity index is 1090. The standard InChI is InChI=1S/C28H38N4O2/c1-20(2)32(21(3)4)28(33)23-14-16-30(17-15-23)19-27-29-25-8-6-7-9-26(25)31(27)18-22-10-12-24(34-5)13-11-22/h6-13,20-21,23H,14-19H2,1-5H3. The molecule has 1 aliphatic rings. The number of hydrogen-bond donors (Lipinski definition) is 0. The number of aromatic nitrogens is 2. The van der Waals surface area contributed by atoms with E-state index < -0.39 is 0 Å². The van der Waals surface area contributed by atoms with E-state index in [0.29, 0.717) is 5.91 Å². The van der Waals surface area contributed by atoms with E-state index in [0.717, 1.165) is 61.6 Å². The fraction of sp³-hybridized carbons (Fsp3) is 0.500. The molecule has 0 radical (unpaired) electrons. The van der Waals surface area contributed by atoms with Crippen LogP contribution < -0.4 is 4.74 Å². The lowest BCUT2D eigenvalue weighted by atomic mass is 9.94. The van der Waals surface area contributed by atoms with Crippen molar-refractivity contribution in [1.29, 1.82) is 0 Å². The van der Waals surface area contributed by atoms with E-state index in [2.05, 4.69) is 72.4 Å². The molecule has 1 aliphatic heterocycles. The first-order valence-corrected chi connectivity index (χ1v) is 12.5. The summed E-state index contributed by atoms with van der Waals surface area (Å²) in [6.45, 7) is 11.9. The first-order valence-electron chi connectivity index (χ1n) is 12.5. The summed E-state index contributed by atoms with van der Waals surface area (Å²) < 4.78 is 7.64. The molecule has 0 bridgehead atoms. The zero-order valence-electron chi connectivity index (χ0n) is 21.2. The highest BCUT2D eigenvalue weighted by molar-refractivity contribution is 5.79. The Hall–Kier alpha value is -2.86. The van der Waals surface area contributed by atoms with Crippen LogP contribution in [0.5, 0.6) is 5.75 Å². The largest absolute Gasteiger partial charge is 0.497 e. The predicted octanol–water partition coefficient (Wildman–Crippen LogP) is 4.95. The number of benzene rings is 2. The summed E-state index contributed by atoms with van der Waals surface area (Å²) in [6.07, 6.45) is 1.82. The number of methoxy groups -OCH3 is 1. The van der Waals surface area contributed by atoms with E-state index in [4.69, 9.17) is 9.72 Å². The van der Waals surface area contributed by atoms with Crippen molar-refractivity contribution < 1.29 is 9.53 Å². The van der Waals surface area contributed by atoms with Gasteiger partial charge in [0.2, 0.25) is 5.91 Å². The number of imidazole rings is 1. The van der Waals surface area contributed by atoms with Crippen LogP contribution in [-0.4, -0.2) is 57.5 Å². The molecule has 2 aromatic carbocycles. The lowest BCUT2D eigenvalue weighted by Crippen LogP contribution is -2.48. The molecule has 4 rings (SSSR count). The lowest BCUT2D eigenvalue weighted by molar-refractivity contribution is -0.140. The van der Waals surface area contributed by atoms with Gasteiger partial charge in [-0.3, -0.25) is 9.69 Å². The fourth-order valence-corrected chi connectivity index (χ4v) is 5.19. The van der Waals surface area contributed by atoms with Gasteiger partial charge in [-0.25, -0.2) is 4.98 Å². The first kappa shape index (κ1) is 24.3. The molecule has 0 atom stereocenters. The topological polar surface area (TPSA) is 50.6 Å². The Morgan fingerprint density at radius 1 is 1.00 bits per heavy atom. The molecule has 182 valence electrons. The molecule has 0 unspecified atom stereocenters. The second-order valence-electron chi connectivity index (χ2n) is 9.93. The summed E-state index contributed by atoms with van der Waals surface area (Å²) in [7, 11) is 1.69. The Morgan fingerprint density at radius 3 is 2.26 bits per heavy atom. The summed E-state index contributed by atoms with van der Waals surface area (Å²) in [6, 6.07) is 17.1. The molecule has 6 nitrogen and oxygen atoms in total. The minimum absolute atomic E-state index is 0.124. The second kappa shape index (κ2) is 10.6. The van der Waals surface area contributed by atoms with E-state index in [1.54, 1.807) is 7.11 Å². The maximum Gasteiger partial charge on any atom is 0.226 e. The van der Waals surface area contributed by atoms with Gasteiger partial charge in [0.1, 0.15) is 11.6 Å². The van der Waals surface area contributed by atoms with Crippen LogP contribution in [0.15, 0.2) is 48.5 Å². The number of hydrogen-bond acceptors (Lipinski definition) is 4. The quantitative estimate of drug-likeness (QED) is 0.475. The molecule has 1 amide bonds. The summed E-state index contributed by atoms with van der Waals surface area (Å²) in [5, 5.41) is 0. The van der Waals surface area contributed by atoms with Crippen LogP contribution in [0.25, 0.3) is 11.0 Å². The molecule has 0 spiro atoms. The summed E-state index contributed by atoms with van der Waals surface area (Å²) in [5.41, 5.74) is 3.40. The molecule has 0 saturated carbocycles. The van der Waals surface area contributed by atoms with E-state index in [9.17, 15) is 4.79 Å². The summed E-state index contributed by atoms with van der Waals surface area (Å²) in [4.78, 5) is 22.6. The number of fused-ring (bicyclic) bond motifs is 1.